The minimum absolute atomic E-state index is 0.0794. The van der Waals surface area contributed by atoms with Crippen molar-refractivity contribution in [3.8, 4) is 0 Å². The maximum absolute atomic E-state index is 12.9. The normalized spacial score (nSPS) is 23.4. The predicted molar refractivity (Wildman–Crippen MR) is 120 cm³/mol. The van der Waals surface area contributed by atoms with Crippen molar-refractivity contribution in [3.05, 3.63) is 52.7 Å². The lowest BCUT2D eigenvalue weighted by molar-refractivity contribution is -0.384. The number of fused-ring (bicyclic) bond motifs is 1. The molecular weight excluding hydrogens is 410 g/mol. The zero-order valence-electron chi connectivity index (χ0n) is 17.7. The molecule has 0 N–H and O–H groups in total. The largest absolute Gasteiger partial charge is 0.362 e. The third-order valence-corrected chi connectivity index (χ3v) is 6.85. The lowest BCUT2D eigenvalue weighted by Crippen LogP contribution is -2.47. The van der Waals surface area contributed by atoms with Crippen molar-refractivity contribution in [2.75, 3.05) is 40.9 Å². The van der Waals surface area contributed by atoms with Crippen LogP contribution in [-0.2, 0) is 9.59 Å². The summed E-state index contributed by atoms with van der Waals surface area (Å²) in [5, 5.41) is 11.9. The summed E-state index contributed by atoms with van der Waals surface area (Å²) in [5.41, 5.74) is 0.733. The van der Waals surface area contributed by atoms with E-state index in [0.29, 0.717) is 50.4 Å². The van der Waals surface area contributed by atoms with Gasteiger partial charge in [0, 0.05) is 38.4 Å². The molecule has 32 heavy (non-hydrogen) atoms. The molecule has 1 saturated carbocycles. The third-order valence-electron chi connectivity index (χ3n) is 6.85. The molecule has 2 aliphatic heterocycles. The van der Waals surface area contributed by atoms with E-state index in [4.69, 9.17) is 0 Å². The first-order chi connectivity index (χ1) is 15.5. The van der Waals surface area contributed by atoms with Gasteiger partial charge in [0.1, 0.15) is 11.5 Å². The van der Waals surface area contributed by atoms with Crippen LogP contribution < -0.4 is 14.7 Å². The summed E-state index contributed by atoms with van der Waals surface area (Å²) in [6, 6.07) is 10.5. The minimum atomic E-state index is -0.429. The van der Waals surface area contributed by atoms with Gasteiger partial charge in [-0.2, -0.15) is 0 Å². The van der Waals surface area contributed by atoms with E-state index in [0.717, 1.165) is 18.7 Å². The molecule has 2 saturated heterocycles. The van der Waals surface area contributed by atoms with E-state index in [2.05, 4.69) is 9.88 Å². The number of carbonyl (C=O) groups is 2. The van der Waals surface area contributed by atoms with Gasteiger partial charge in [-0.25, -0.2) is 9.88 Å². The van der Waals surface area contributed by atoms with Gasteiger partial charge in [0.05, 0.1) is 22.4 Å². The molecule has 2 atom stereocenters. The number of benzene rings is 1. The zero-order chi connectivity index (χ0) is 22.2. The van der Waals surface area contributed by atoms with Crippen molar-refractivity contribution in [2.24, 2.45) is 11.8 Å². The number of carbonyl (C=O) groups excluding carboxylic acids is 2. The molecule has 9 heteroatoms. The number of nitro benzene ring substituents is 1. The number of pyridine rings is 1. The van der Waals surface area contributed by atoms with Gasteiger partial charge in [0.15, 0.2) is 0 Å². The SMILES string of the molecule is O=C1[C@H]2CCCC[C@H]2C(=O)N1c1ccc(N2CCN(c3ccccn3)CC2)c([N+](=O)[O-])c1. The number of imide groups is 1. The molecular formula is C23H25N5O4. The van der Waals surface area contributed by atoms with Gasteiger partial charge in [0.2, 0.25) is 11.8 Å². The number of aromatic nitrogens is 1. The number of amides is 2. The van der Waals surface area contributed by atoms with E-state index in [1.165, 1.54) is 11.0 Å². The first-order valence-corrected chi connectivity index (χ1v) is 11.1. The summed E-state index contributed by atoms with van der Waals surface area (Å²) in [4.78, 5) is 47.0. The number of hydrogen-bond donors (Lipinski definition) is 0. The van der Waals surface area contributed by atoms with Crippen LogP contribution in [0.3, 0.4) is 0 Å². The topological polar surface area (TPSA) is 99.9 Å². The molecule has 3 heterocycles. The second-order valence-electron chi connectivity index (χ2n) is 8.60. The zero-order valence-corrected chi connectivity index (χ0v) is 17.7. The van der Waals surface area contributed by atoms with E-state index in [1.807, 2.05) is 23.1 Å². The Balaban J connectivity index is 1.38. The van der Waals surface area contributed by atoms with Crippen LogP contribution in [0.4, 0.5) is 22.9 Å². The van der Waals surface area contributed by atoms with Gasteiger partial charge in [-0.15, -0.1) is 0 Å². The summed E-state index contributed by atoms with van der Waals surface area (Å²) in [5.74, 6) is -0.106. The Kier molecular flexibility index (Phi) is 5.24. The Morgan fingerprint density at radius 2 is 1.56 bits per heavy atom. The second kappa shape index (κ2) is 8.22. The van der Waals surface area contributed by atoms with Crippen LogP contribution in [0.1, 0.15) is 25.7 Å². The van der Waals surface area contributed by atoms with E-state index in [-0.39, 0.29) is 29.3 Å². The molecule has 1 aliphatic carbocycles. The summed E-state index contributed by atoms with van der Waals surface area (Å²) >= 11 is 0. The van der Waals surface area contributed by atoms with E-state index >= 15 is 0 Å². The van der Waals surface area contributed by atoms with Crippen molar-refractivity contribution in [2.45, 2.75) is 25.7 Å². The van der Waals surface area contributed by atoms with Gasteiger partial charge in [-0.05, 0) is 37.1 Å². The third kappa shape index (κ3) is 3.47. The fraction of sp³-hybridized carbons (Fsp3) is 0.435. The molecule has 0 spiro atoms. The van der Waals surface area contributed by atoms with Gasteiger partial charge < -0.3 is 9.80 Å². The van der Waals surface area contributed by atoms with Crippen LogP contribution in [0, 0.1) is 22.0 Å². The number of nitrogens with zero attached hydrogens (tertiary/aromatic N) is 5. The first-order valence-electron chi connectivity index (χ1n) is 11.1. The number of anilines is 3. The Bertz CT molecular complexity index is 1030. The van der Waals surface area contributed by atoms with E-state index in [9.17, 15) is 19.7 Å². The van der Waals surface area contributed by atoms with Crippen LogP contribution in [0.5, 0.6) is 0 Å². The summed E-state index contributed by atoms with van der Waals surface area (Å²) < 4.78 is 0. The Morgan fingerprint density at radius 1 is 0.906 bits per heavy atom. The predicted octanol–water partition coefficient (Wildman–Crippen LogP) is 3.00. The van der Waals surface area contributed by atoms with Gasteiger partial charge in [-0.3, -0.25) is 19.7 Å². The fourth-order valence-corrected chi connectivity index (χ4v) is 5.20. The summed E-state index contributed by atoms with van der Waals surface area (Å²) in [7, 11) is 0. The molecule has 3 aliphatic rings. The fourth-order valence-electron chi connectivity index (χ4n) is 5.20. The molecule has 0 unspecified atom stereocenters. The summed E-state index contributed by atoms with van der Waals surface area (Å²) in [6.45, 7) is 2.62. The second-order valence-corrected chi connectivity index (χ2v) is 8.60. The minimum Gasteiger partial charge on any atom is -0.362 e. The first kappa shape index (κ1) is 20.4. The van der Waals surface area contributed by atoms with Crippen molar-refractivity contribution >= 4 is 34.7 Å². The molecule has 0 bridgehead atoms. The molecule has 9 nitrogen and oxygen atoms in total. The molecule has 2 aromatic rings. The highest BCUT2D eigenvalue weighted by atomic mass is 16.6. The molecule has 5 rings (SSSR count). The molecule has 2 amide bonds. The quantitative estimate of drug-likeness (QED) is 0.413. The van der Waals surface area contributed by atoms with Gasteiger partial charge in [0.25, 0.3) is 5.69 Å². The van der Waals surface area contributed by atoms with Crippen molar-refractivity contribution in [1.82, 2.24) is 4.98 Å². The smallest absolute Gasteiger partial charge is 0.294 e. The summed E-state index contributed by atoms with van der Waals surface area (Å²) in [6.07, 6.45) is 5.07. The highest BCUT2D eigenvalue weighted by molar-refractivity contribution is 6.22. The standard InChI is InChI=1S/C23H25N5O4/c29-22-17-5-1-2-6-18(17)23(30)27(22)16-8-9-19(20(15-16)28(31)32)25-11-13-26(14-12-25)21-7-3-4-10-24-21/h3-4,7-10,15,17-18H,1-2,5-6,11-14H2/t17-,18+. The Morgan fingerprint density at radius 3 is 2.16 bits per heavy atom. The van der Waals surface area contributed by atoms with Crippen LogP contribution in [0.2, 0.25) is 0 Å². The number of piperazine rings is 1. The van der Waals surface area contributed by atoms with E-state index in [1.54, 1.807) is 18.3 Å². The van der Waals surface area contributed by atoms with Crippen LogP contribution in [0.25, 0.3) is 0 Å². The Labute approximate surface area is 185 Å². The number of rotatable bonds is 4. The number of nitro groups is 1. The van der Waals surface area contributed by atoms with Crippen molar-refractivity contribution in [3.63, 3.8) is 0 Å². The highest BCUT2D eigenvalue weighted by Gasteiger charge is 2.49. The van der Waals surface area contributed by atoms with Crippen molar-refractivity contribution < 1.29 is 14.5 Å². The average molecular weight is 435 g/mol. The van der Waals surface area contributed by atoms with Crippen LogP contribution >= 0.6 is 0 Å². The van der Waals surface area contributed by atoms with Crippen LogP contribution in [0.15, 0.2) is 42.6 Å². The monoisotopic (exact) mass is 435 g/mol. The lowest BCUT2D eigenvalue weighted by Gasteiger charge is -2.36. The van der Waals surface area contributed by atoms with Gasteiger partial charge >= 0.3 is 0 Å². The molecule has 1 aromatic carbocycles. The Hall–Kier alpha value is -3.49. The number of hydrogen-bond acceptors (Lipinski definition) is 7. The maximum Gasteiger partial charge on any atom is 0.294 e. The highest BCUT2D eigenvalue weighted by Crippen LogP contribution is 2.42. The average Bonchev–Trinajstić information content (AvgIpc) is 3.09. The molecule has 1 aromatic heterocycles. The molecule has 166 valence electrons. The van der Waals surface area contributed by atoms with E-state index < -0.39 is 4.92 Å². The molecule has 3 fully saturated rings. The van der Waals surface area contributed by atoms with Gasteiger partial charge in [-0.1, -0.05) is 18.9 Å². The maximum atomic E-state index is 12.9. The van der Waals surface area contributed by atoms with Crippen molar-refractivity contribution in [1.29, 1.82) is 0 Å². The lowest BCUT2D eigenvalue weighted by atomic mass is 9.81. The van der Waals surface area contributed by atoms with Crippen LogP contribution in [-0.4, -0.2) is 47.9 Å². The molecule has 0 radical (unpaired) electrons.